The Kier molecular flexibility index (Phi) is 6.17. The molecule has 0 fully saturated rings. The van der Waals surface area contributed by atoms with E-state index in [0.29, 0.717) is 16.5 Å². The molecule has 1 aromatic carbocycles. The molecule has 0 heterocycles. The summed E-state index contributed by atoms with van der Waals surface area (Å²) >= 11 is 13.5. The Bertz CT molecular complexity index is 398. The molecule has 1 unspecified atom stereocenters. The van der Waals surface area contributed by atoms with Crippen LogP contribution in [0, 0.1) is 0 Å². The Morgan fingerprint density at radius 1 is 1.47 bits per heavy atom. The number of hydrogen-bond acceptors (Lipinski definition) is 2. The molecule has 94 valence electrons. The summed E-state index contributed by atoms with van der Waals surface area (Å²) in [6.07, 6.45) is 2.50. The number of nitrogens with one attached hydrogen (secondary N) is 1. The van der Waals surface area contributed by atoms with Crippen LogP contribution in [0.25, 0.3) is 0 Å². The van der Waals surface area contributed by atoms with Crippen LogP contribution in [-0.2, 0) is 4.79 Å². The maximum Gasteiger partial charge on any atom is 0.221 e. The Morgan fingerprint density at radius 2 is 2.18 bits per heavy atom. The van der Waals surface area contributed by atoms with Gasteiger partial charge in [-0.05, 0) is 30.9 Å². The maximum absolute atomic E-state index is 11.6. The largest absolute Gasteiger partial charge is 0.350 e. The first-order chi connectivity index (χ1) is 8.04. The van der Waals surface area contributed by atoms with Crippen molar-refractivity contribution in [3.63, 3.8) is 0 Å². The number of carbonyl (C=O) groups excluding carboxylic acids is 1. The number of benzene rings is 1. The van der Waals surface area contributed by atoms with Crippen molar-refractivity contribution in [1.29, 1.82) is 0 Å². The summed E-state index contributed by atoms with van der Waals surface area (Å²) in [7, 11) is 0. The van der Waals surface area contributed by atoms with Crippen LogP contribution in [0.5, 0.6) is 0 Å². The summed E-state index contributed by atoms with van der Waals surface area (Å²) in [6.45, 7) is 1.91. The molecule has 1 amide bonds. The molecule has 1 rings (SSSR count). The lowest BCUT2D eigenvalue weighted by molar-refractivity contribution is -0.121. The molecule has 0 aliphatic rings. The van der Waals surface area contributed by atoms with Gasteiger partial charge in [-0.2, -0.15) is 11.8 Å². The van der Waals surface area contributed by atoms with Gasteiger partial charge in [0, 0.05) is 22.2 Å². The zero-order chi connectivity index (χ0) is 12.8. The lowest BCUT2D eigenvalue weighted by Gasteiger charge is -2.15. The van der Waals surface area contributed by atoms with Crippen molar-refractivity contribution in [2.24, 2.45) is 0 Å². The lowest BCUT2D eigenvalue weighted by Crippen LogP contribution is -2.27. The fourth-order valence-corrected chi connectivity index (χ4v) is 2.40. The summed E-state index contributed by atoms with van der Waals surface area (Å²) in [6, 6.07) is 5.19. The van der Waals surface area contributed by atoms with Crippen LogP contribution in [0.15, 0.2) is 18.2 Å². The molecule has 1 atom stereocenters. The van der Waals surface area contributed by atoms with Gasteiger partial charge in [0.1, 0.15) is 0 Å². The monoisotopic (exact) mass is 291 g/mol. The second-order valence-electron chi connectivity index (χ2n) is 3.70. The van der Waals surface area contributed by atoms with E-state index >= 15 is 0 Å². The van der Waals surface area contributed by atoms with Crippen LogP contribution in [0.4, 0.5) is 0 Å². The molecule has 2 nitrogen and oxygen atoms in total. The Labute approximate surface area is 116 Å². The van der Waals surface area contributed by atoms with E-state index in [2.05, 4.69) is 5.32 Å². The van der Waals surface area contributed by atoms with E-state index in [9.17, 15) is 4.79 Å². The van der Waals surface area contributed by atoms with Crippen molar-refractivity contribution >= 4 is 40.9 Å². The third kappa shape index (κ3) is 4.78. The van der Waals surface area contributed by atoms with Crippen LogP contribution in [0.3, 0.4) is 0 Å². The molecule has 0 aliphatic carbocycles. The smallest absolute Gasteiger partial charge is 0.221 e. The minimum absolute atomic E-state index is 0.0397. The predicted molar refractivity (Wildman–Crippen MR) is 76.0 cm³/mol. The second kappa shape index (κ2) is 7.14. The number of rotatable bonds is 5. The van der Waals surface area contributed by atoms with Gasteiger partial charge < -0.3 is 5.32 Å². The molecule has 1 N–H and O–H groups in total. The normalized spacial score (nSPS) is 12.2. The highest BCUT2D eigenvalue weighted by Crippen LogP contribution is 2.26. The minimum atomic E-state index is -0.103. The Morgan fingerprint density at radius 3 is 2.76 bits per heavy atom. The van der Waals surface area contributed by atoms with E-state index in [4.69, 9.17) is 23.2 Å². The Balaban J connectivity index is 2.63. The van der Waals surface area contributed by atoms with Crippen LogP contribution in [-0.4, -0.2) is 17.9 Å². The van der Waals surface area contributed by atoms with Crippen molar-refractivity contribution in [2.75, 3.05) is 12.0 Å². The van der Waals surface area contributed by atoms with Gasteiger partial charge in [-0.3, -0.25) is 4.79 Å². The molecule has 0 bridgehead atoms. The zero-order valence-electron chi connectivity index (χ0n) is 9.80. The van der Waals surface area contributed by atoms with Gasteiger partial charge in [0.25, 0.3) is 0 Å². The highest BCUT2D eigenvalue weighted by atomic mass is 35.5. The number of amides is 1. The molecule has 0 aliphatic heterocycles. The predicted octanol–water partition coefficient (Wildman–Crippen LogP) is 3.92. The van der Waals surface area contributed by atoms with Crippen LogP contribution >= 0.6 is 35.0 Å². The minimum Gasteiger partial charge on any atom is -0.350 e. The molecular weight excluding hydrogens is 277 g/mol. The first-order valence-electron chi connectivity index (χ1n) is 5.28. The van der Waals surface area contributed by atoms with Gasteiger partial charge in [-0.15, -0.1) is 0 Å². The van der Waals surface area contributed by atoms with Gasteiger partial charge in [0.05, 0.1) is 6.04 Å². The molecule has 0 saturated carbocycles. The first-order valence-corrected chi connectivity index (χ1v) is 7.43. The fourth-order valence-electron chi connectivity index (χ4n) is 1.44. The topological polar surface area (TPSA) is 29.1 Å². The highest BCUT2D eigenvalue weighted by molar-refractivity contribution is 7.98. The number of thioether (sulfide) groups is 1. The van der Waals surface area contributed by atoms with Gasteiger partial charge >= 0.3 is 0 Å². The summed E-state index contributed by atoms with van der Waals surface area (Å²) in [5.74, 6) is 0.866. The number of halogens is 2. The summed E-state index contributed by atoms with van der Waals surface area (Å²) in [4.78, 5) is 11.6. The van der Waals surface area contributed by atoms with E-state index < -0.39 is 0 Å². The summed E-state index contributed by atoms with van der Waals surface area (Å²) < 4.78 is 0. The average molecular weight is 292 g/mol. The fraction of sp³-hybridized carbons (Fsp3) is 0.417. The number of carbonyl (C=O) groups is 1. The van der Waals surface area contributed by atoms with Crippen LogP contribution in [0.2, 0.25) is 10.0 Å². The van der Waals surface area contributed by atoms with E-state index in [1.54, 1.807) is 23.9 Å². The van der Waals surface area contributed by atoms with Crippen molar-refractivity contribution in [3.05, 3.63) is 33.8 Å². The van der Waals surface area contributed by atoms with Crippen molar-refractivity contribution in [3.8, 4) is 0 Å². The standard InChI is InChI=1S/C12H15Cl2NOS/c1-8(15-12(16)5-6-17-2)10-4-3-9(13)7-11(10)14/h3-4,7-8H,5-6H2,1-2H3,(H,15,16). The van der Waals surface area contributed by atoms with E-state index in [1.165, 1.54) is 0 Å². The van der Waals surface area contributed by atoms with Gasteiger partial charge in [-0.25, -0.2) is 0 Å². The van der Waals surface area contributed by atoms with Crippen molar-refractivity contribution < 1.29 is 4.79 Å². The van der Waals surface area contributed by atoms with E-state index in [0.717, 1.165) is 11.3 Å². The van der Waals surface area contributed by atoms with E-state index in [-0.39, 0.29) is 11.9 Å². The molecule has 0 saturated heterocycles. The average Bonchev–Trinajstić information content (AvgIpc) is 2.26. The van der Waals surface area contributed by atoms with Gasteiger partial charge in [0.2, 0.25) is 5.91 Å². The zero-order valence-corrected chi connectivity index (χ0v) is 12.1. The molecular formula is C12H15Cl2NOS. The molecule has 0 spiro atoms. The summed E-state index contributed by atoms with van der Waals surface area (Å²) in [5, 5.41) is 4.09. The molecule has 0 radical (unpaired) electrons. The maximum atomic E-state index is 11.6. The molecule has 5 heteroatoms. The quantitative estimate of drug-likeness (QED) is 0.891. The molecule has 0 aromatic heterocycles. The third-order valence-corrected chi connectivity index (χ3v) is 3.51. The van der Waals surface area contributed by atoms with Gasteiger partial charge in [0.15, 0.2) is 0 Å². The second-order valence-corrected chi connectivity index (χ2v) is 5.53. The summed E-state index contributed by atoms with van der Waals surface area (Å²) in [5.41, 5.74) is 0.883. The lowest BCUT2D eigenvalue weighted by atomic mass is 10.1. The highest BCUT2D eigenvalue weighted by Gasteiger charge is 2.12. The van der Waals surface area contributed by atoms with Crippen molar-refractivity contribution in [2.45, 2.75) is 19.4 Å². The van der Waals surface area contributed by atoms with Crippen molar-refractivity contribution in [1.82, 2.24) is 5.32 Å². The third-order valence-electron chi connectivity index (χ3n) is 2.34. The van der Waals surface area contributed by atoms with Gasteiger partial charge in [-0.1, -0.05) is 29.3 Å². The molecule has 1 aromatic rings. The first kappa shape index (κ1) is 14.7. The Hall–Kier alpha value is -0.380. The van der Waals surface area contributed by atoms with E-state index in [1.807, 2.05) is 19.2 Å². The van der Waals surface area contributed by atoms with Crippen LogP contribution in [0.1, 0.15) is 24.9 Å². The van der Waals surface area contributed by atoms with Crippen LogP contribution < -0.4 is 5.32 Å². The SMILES string of the molecule is CSCCC(=O)NC(C)c1ccc(Cl)cc1Cl. The number of hydrogen-bond donors (Lipinski definition) is 1. The molecule has 17 heavy (non-hydrogen) atoms.